The molecule has 3 aromatic heterocycles. The second kappa shape index (κ2) is 8.41. The Balaban J connectivity index is 1.19. The summed E-state index contributed by atoms with van der Waals surface area (Å²) in [5, 5.41) is 8.02. The minimum atomic E-state index is 0.504. The zero-order chi connectivity index (χ0) is 22.9. The number of benzene rings is 2. The third-order valence-electron chi connectivity index (χ3n) is 6.02. The monoisotopic (exact) mass is 443 g/mol. The molecule has 1 saturated heterocycles. The zero-order valence-electron chi connectivity index (χ0n) is 18.6. The van der Waals surface area contributed by atoms with Gasteiger partial charge in [0.1, 0.15) is 11.4 Å². The molecular formula is C27H21N7. The molecule has 0 saturated carbocycles. The van der Waals surface area contributed by atoms with E-state index in [0.717, 1.165) is 29.6 Å². The lowest BCUT2D eigenvalue weighted by Crippen LogP contribution is -2.46. The number of hydrogen-bond acceptors (Lipinski definition) is 6. The van der Waals surface area contributed by atoms with Crippen LogP contribution in [-0.4, -0.2) is 43.2 Å². The van der Waals surface area contributed by atoms with Gasteiger partial charge in [0, 0.05) is 42.4 Å². The molecule has 6 rings (SSSR count). The highest BCUT2D eigenvalue weighted by molar-refractivity contribution is 5.79. The van der Waals surface area contributed by atoms with Crippen molar-refractivity contribution in [1.82, 2.24) is 30.1 Å². The highest BCUT2D eigenvalue weighted by Crippen LogP contribution is 2.30. The first-order valence-corrected chi connectivity index (χ1v) is 11.1. The molecule has 1 aliphatic heterocycles. The molecule has 34 heavy (non-hydrogen) atoms. The summed E-state index contributed by atoms with van der Waals surface area (Å²) in [6, 6.07) is 18.3. The van der Waals surface area contributed by atoms with Crippen molar-refractivity contribution in [1.29, 1.82) is 0 Å². The Bertz CT molecular complexity index is 1540. The first-order valence-electron chi connectivity index (χ1n) is 11.1. The number of H-pyrrole nitrogens is 1. The quantitative estimate of drug-likeness (QED) is 0.422. The smallest absolute Gasteiger partial charge is 0.226 e. The fraction of sp³-hybridized carbons (Fsp3) is 0.148. The number of aryl methyl sites for hydroxylation is 1. The molecule has 1 N–H and O–H groups in total. The van der Waals surface area contributed by atoms with Gasteiger partial charge in [0.15, 0.2) is 5.82 Å². The Labute approximate surface area is 197 Å². The standard InChI is InChI=1S/C27H21N7/c1-18-2-6-20(7-3-18)22-16-34(17-22)27-29-13-11-25(32-27)26-28-12-10-23(31-26)8-4-19-5-9-24-21(14-19)15-30-33-24/h2-3,5-7,9-15,22H,16-17H2,1H3,(H,30,33). The van der Waals surface area contributed by atoms with E-state index in [9.17, 15) is 0 Å². The van der Waals surface area contributed by atoms with Gasteiger partial charge in [-0.15, -0.1) is 0 Å². The van der Waals surface area contributed by atoms with Gasteiger partial charge in [0.05, 0.1) is 11.7 Å². The van der Waals surface area contributed by atoms with E-state index >= 15 is 0 Å². The number of anilines is 1. The van der Waals surface area contributed by atoms with Gasteiger partial charge in [0.25, 0.3) is 0 Å². The molecule has 164 valence electrons. The van der Waals surface area contributed by atoms with Crippen LogP contribution in [-0.2, 0) is 0 Å². The minimum absolute atomic E-state index is 0.504. The third kappa shape index (κ3) is 3.97. The van der Waals surface area contributed by atoms with Crippen LogP contribution in [0.1, 0.15) is 28.3 Å². The number of rotatable bonds is 3. The molecule has 1 fully saturated rings. The van der Waals surface area contributed by atoms with Crippen LogP contribution in [0.3, 0.4) is 0 Å². The van der Waals surface area contributed by atoms with Crippen LogP contribution in [0.4, 0.5) is 5.95 Å². The van der Waals surface area contributed by atoms with Crippen LogP contribution in [0.2, 0.25) is 0 Å². The topological polar surface area (TPSA) is 83.5 Å². The minimum Gasteiger partial charge on any atom is -0.339 e. The van der Waals surface area contributed by atoms with Crippen LogP contribution in [0.5, 0.6) is 0 Å². The lowest BCUT2D eigenvalue weighted by molar-refractivity contribution is 0.514. The molecule has 0 unspecified atom stereocenters. The molecule has 7 nitrogen and oxygen atoms in total. The predicted molar refractivity (Wildman–Crippen MR) is 131 cm³/mol. The van der Waals surface area contributed by atoms with E-state index in [2.05, 4.69) is 73.1 Å². The number of hydrogen-bond donors (Lipinski definition) is 1. The van der Waals surface area contributed by atoms with Crippen molar-refractivity contribution in [2.45, 2.75) is 12.8 Å². The Kier molecular flexibility index (Phi) is 4.96. The molecule has 0 aliphatic carbocycles. The Morgan fingerprint density at radius 2 is 1.76 bits per heavy atom. The van der Waals surface area contributed by atoms with Gasteiger partial charge in [-0.1, -0.05) is 35.7 Å². The molecule has 0 atom stereocenters. The van der Waals surface area contributed by atoms with E-state index in [-0.39, 0.29) is 0 Å². The number of aromatic amines is 1. The predicted octanol–water partition coefficient (Wildman–Crippen LogP) is 4.12. The second-order valence-electron chi connectivity index (χ2n) is 8.44. The van der Waals surface area contributed by atoms with E-state index < -0.39 is 0 Å². The van der Waals surface area contributed by atoms with Crippen molar-refractivity contribution in [2.75, 3.05) is 18.0 Å². The van der Waals surface area contributed by atoms with Gasteiger partial charge >= 0.3 is 0 Å². The third-order valence-corrected chi connectivity index (χ3v) is 6.02. The van der Waals surface area contributed by atoms with Crippen molar-refractivity contribution in [3.63, 3.8) is 0 Å². The lowest BCUT2D eigenvalue weighted by atomic mass is 9.91. The van der Waals surface area contributed by atoms with Crippen LogP contribution in [0.25, 0.3) is 22.4 Å². The molecule has 7 heteroatoms. The van der Waals surface area contributed by atoms with Crippen molar-refractivity contribution < 1.29 is 0 Å². The number of fused-ring (bicyclic) bond motifs is 1. The average molecular weight is 444 g/mol. The van der Waals surface area contributed by atoms with Crippen molar-refractivity contribution in [3.8, 4) is 23.4 Å². The Morgan fingerprint density at radius 3 is 2.65 bits per heavy atom. The summed E-state index contributed by atoms with van der Waals surface area (Å²) in [5.74, 6) is 8.05. The molecule has 2 aromatic carbocycles. The molecule has 1 aliphatic rings. The van der Waals surface area contributed by atoms with E-state index in [1.807, 2.05) is 24.3 Å². The van der Waals surface area contributed by atoms with E-state index in [0.29, 0.717) is 29.1 Å². The van der Waals surface area contributed by atoms with Gasteiger partial charge in [-0.05, 0) is 48.7 Å². The van der Waals surface area contributed by atoms with E-state index in [1.54, 1.807) is 24.7 Å². The van der Waals surface area contributed by atoms with Crippen LogP contribution < -0.4 is 4.90 Å². The average Bonchev–Trinajstić information content (AvgIpc) is 3.31. The molecule has 5 aromatic rings. The van der Waals surface area contributed by atoms with Crippen molar-refractivity contribution >= 4 is 16.9 Å². The summed E-state index contributed by atoms with van der Waals surface area (Å²) in [6.07, 6.45) is 5.26. The van der Waals surface area contributed by atoms with Crippen LogP contribution in [0.15, 0.2) is 73.2 Å². The molecule has 0 radical (unpaired) electrons. The maximum Gasteiger partial charge on any atom is 0.226 e. The molecule has 0 spiro atoms. The molecule has 0 amide bonds. The molecular weight excluding hydrogens is 422 g/mol. The van der Waals surface area contributed by atoms with Gasteiger partial charge in [-0.2, -0.15) is 5.10 Å². The number of nitrogens with one attached hydrogen (secondary N) is 1. The number of nitrogens with zero attached hydrogens (tertiary/aromatic N) is 6. The first-order chi connectivity index (χ1) is 16.7. The molecule has 4 heterocycles. The fourth-order valence-electron chi connectivity index (χ4n) is 4.03. The van der Waals surface area contributed by atoms with Gasteiger partial charge < -0.3 is 4.90 Å². The summed E-state index contributed by atoms with van der Waals surface area (Å²) in [5.41, 5.74) is 5.86. The maximum atomic E-state index is 4.73. The fourth-order valence-corrected chi connectivity index (χ4v) is 4.03. The van der Waals surface area contributed by atoms with Crippen molar-refractivity contribution in [2.24, 2.45) is 0 Å². The van der Waals surface area contributed by atoms with E-state index in [1.165, 1.54) is 11.1 Å². The summed E-state index contributed by atoms with van der Waals surface area (Å²) >= 11 is 0. The largest absolute Gasteiger partial charge is 0.339 e. The summed E-state index contributed by atoms with van der Waals surface area (Å²) in [7, 11) is 0. The normalized spacial score (nSPS) is 13.4. The van der Waals surface area contributed by atoms with Gasteiger partial charge in [-0.3, -0.25) is 5.10 Å². The lowest BCUT2D eigenvalue weighted by Gasteiger charge is -2.39. The number of aromatic nitrogens is 6. The first kappa shape index (κ1) is 20.1. The van der Waals surface area contributed by atoms with Crippen LogP contribution >= 0.6 is 0 Å². The second-order valence-corrected chi connectivity index (χ2v) is 8.44. The van der Waals surface area contributed by atoms with Gasteiger partial charge in [0.2, 0.25) is 5.95 Å². The Hall–Kier alpha value is -4.57. The Morgan fingerprint density at radius 1 is 0.912 bits per heavy atom. The highest BCUT2D eigenvalue weighted by atomic mass is 15.3. The van der Waals surface area contributed by atoms with Crippen molar-refractivity contribution in [3.05, 3.63) is 95.6 Å². The molecule has 0 bridgehead atoms. The van der Waals surface area contributed by atoms with Crippen LogP contribution in [0, 0.1) is 18.8 Å². The summed E-state index contributed by atoms with van der Waals surface area (Å²) in [6.45, 7) is 3.92. The van der Waals surface area contributed by atoms with E-state index in [4.69, 9.17) is 4.98 Å². The maximum absolute atomic E-state index is 4.73. The SMILES string of the molecule is Cc1ccc(C2CN(c3nccc(-c4nccc(C#Cc5ccc6[nH]ncc6c5)n4)n3)C2)cc1. The zero-order valence-corrected chi connectivity index (χ0v) is 18.6. The summed E-state index contributed by atoms with van der Waals surface area (Å²) < 4.78 is 0. The highest BCUT2D eigenvalue weighted by Gasteiger charge is 2.30. The van der Waals surface area contributed by atoms with Gasteiger partial charge in [-0.25, -0.2) is 19.9 Å². The summed E-state index contributed by atoms with van der Waals surface area (Å²) in [4.78, 5) is 20.4.